The summed E-state index contributed by atoms with van der Waals surface area (Å²) in [5.74, 6) is -0.205. The Hall–Kier alpha value is -2.61. The zero-order valence-electron chi connectivity index (χ0n) is 11.8. The lowest BCUT2D eigenvalue weighted by atomic mass is 9.79. The Labute approximate surface area is 121 Å². The molecule has 21 heavy (non-hydrogen) atoms. The topological polar surface area (TPSA) is 74.3 Å². The molecule has 2 heterocycles. The van der Waals surface area contributed by atoms with E-state index in [-0.39, 0.29) is 5.91 Å². The summed E-state index contributed by atoms with van der Waals surface area (Å²) in [7, 11) is 0. The molecule has 1 amide bonds. The van der Waals surface area contributed by atoms with Gasteiger partial charge in [-0.15, -0.1) is 0 Å². The van der Waals surface area contributed by atoms with Crippen molar-refractivity contribution in [1.82, 2.24) is 0 Å². The Morgan fingerprint density at radius 1 is 1.24 bits per heavy atom. The number of amides is 1. The van der Waals surface area contributed by atoms with Crippen LogP contribution in [-0.4, -0.2) is 12.5 Å². The van der Waals surface area contributed by atoms with E-state index in [4.69, 9.17) is 4.42 Å². The second kappa shape index (κ2) is 4.45. The lowest BCUT2D eigenvalue weighted by Crippen LogP contribution is -2.38. The number of carbonyl (C=O) groups is 1. The van der Waals surface area contributed by atoms with Gasteiger partial charge in [0.2, 0.25) is 0 Å². The predicted octanol–water partition coefficient (Wildman–Crippen LogP) is 2.33. The number of fused-ring (bicyclic) bond motifs is 3. The fourth-order valence-electron chi connectivity index (χ4n) is 3.08. The number of nitriles is 1. The van der Waals surface area contributed by atoms with Gasteiger partial charge in [0.25, 0.3) is 5.91 Å². The monoisotopic (exact) mass is 282 g/mol. The van der Waals surface area contributed by atoms with Crippen molar-refractivity contribution in [3.8, 4) is 6.07 Å². The van der Waals surface area contributed by atoms with Gasteiger partial charge in [-0.25, -0.2) is 4.79 Å². The molecule has 0 saturated heterocycles. The normalized spacial score (nSPS) is 20.6. The van der Waals surface area contributed by atoms with E-state index in [1.807, 2.05) is 13.8 Å². The van der Waals surface area contributed by atoms with E-state index in [0.717, 1.165) is 5.69 Å². The van der Waals surface area contributed by atoms with Crippen LogP contribution >= 0.6 is 0 Å². The third kappa shape index (κ3) is 1.56. The van der Waals surface area contributed by atoms with Crippen LogP contribution in [0.5, 0.6) is 0 Å². The van der Waals surface area contributed by atoms with Gasteiger partial charge in [-0.3, -0.25) is 4.79 Å². The van der Waals surface area contributed by atoms with Crippen molar-refractivity contribution in [2.75, 3.05) is 11.4 Å². The van der Waals surface area contributed by atoms with Crippen molar-refractivity contribution in [3.63, 3.8) is 0 Å². The first-order chi connectivity index (χ1) is 10.1. The number of likely N-dealkylation sites (N-methyl/N-ethyl adjacent to an activating group) is 1. The zero-order valence-corrected chi connectivity index (χ0v) is 11.8. The largest absolute Gasteiger partial charge is 0.423 e. The fourth-order valence-corrected chi connectivity index (χ4v) is 3.08. The number of rotatable bonds is 2. The average Bonchev–Trinajstić information content (AvgIpc) is 2.75. The summed E-state index contributed by atoms with van der Waals surface area (Å²) >= 11 is 0. The summed E-state index contributed by atoms with van der Waals surface area (Å²) in [5, 5.41) is 10.3. The summed E-state index contributed by atoms with van der Waals surface area (Å²) in [5.41, 5.74) is 0.135. The molecule has 0 saturated carbocycles. The average molecular weight is 282 g/mol. The van der Waals surface area contributed by atoms with Crippen LogP contribution in [0.1, 0.15) is 25.8 Å². The third-order valence-corrected chi connectivity index (χ3v) is 4.15. The highest BCUT2D eigenvalue weighted by Crippen LogP contribution is 2.46. The Morgan fingerprint density at radius 2 is 2.00 bits per heavy atom. The minimum absolute atomic E-state index is 0.205. The van der Waals surface area contributed by atoms with E-state index in [9.17, 15) is 14.9 Å². The molecule has 0 spiro atoms. The van der Waals surface area contributed by atoms with Crippen molar-refractivity contribution >= 4 is 22.6 Å². The van der Waals surface area contributed by atoms with E-state index in [0.29, 0.717) is 29.5 Å². The molecule has 5 heteroatoms. The van der Waals surface area contributed by atoms with E-state index in [1.54, 1.807) is 23.1 Å². The predicted molar refractivity (Wildman–Crippen MR) is 78.1 cm³/mol. The number of nitrogens with zero attached hydrogens (tertiary/aromatic N) is 2. The number of hydrogen-bond donors (Lipinski definition) is 0. The van der Waals surface area contributed by atoms with Crippen molar-refractivity contribution in [2.24, 2.45) is 0 Å². The first kappa shape index (κ1) is 13.4. The van der Waals surface area contributed by atoms with Crippen LogP contribution in [0.25, 0.3) is 11.0 Å². The molecule has 1 aliphatic rings. The van der Waals surface area contributed by atoms with Gasteiger partial charge in [0.15, 0.2) is 5.41 Å². The fraction of sp³-hybridized carbons (Fsp3) is 0.312. The van der Waals surface area contributed by atoms with E-state index >= 15 is 0 Å². The smallest absolute Gasteiger partial charge is 0.336 e. The molecule has 2 aromatic rings. The third-order valence-electron chi connectivity index (χ3n) is 4.15. The number of hydrogen-bond acceptors (Lipinski definition) is 4. The Morgan fingerprint density at radius 3 is 2.62 bits per heavy atom. The minimum Gasteiger partial charge on any atom is -0.423 e. The molecule has 0 fully saturated rings. The molecular formula is C16H14N2O3. The summed E-state index contributed by atoms with van der Waals surface area (Å²) in [6.45, 7) is 4.19. The second-order valence-electron chi connectivity index (χ2n) is 5.05. The van der Waals surface area contributed by atoms with Crippen LogP contribution < -0.4 is 10.5 Å². The SMILES string of the molecule is CCN1C(=O)C(C#N)(CC)c2c1ccc1oc(=O)ccc21. The van der Waals surface area contributed by atoms with E-state index in [2.05, 4.69) is 6.07 Å². The van der Waals surface area contributed by atoms with E-state index < -0.39 is 11.0 Å². The first-order valence-corrected chi connectivity index (χ1v) is 6.89. The zero-order chi connectivity index (χ0) is 15.2. The molecule has 5 nitrogen and oxygen atoms in total. The van der Waals surface area contributed by atoms with Crippen molar-refractivity contribution in [2.45, 2.75) is 25.7 Å². The maximum absolute atomic E-state index is 12.7. The van der Waals surface area contributed by atoms with Gasteiger partial charge < -0.3 is 9.32 Å². The Balaban J connectivity index is 2.47. The van der Waals surface area contributed by atoms with Crippen molar-refractivity contribution in [1.29, 1.82) is 5.26 Å². The number of benzene rings is 1. The molecule has 0 N–H and O–H groups in total. The molecule has 1 atom stereocenters. The highest BCUT2D eigenvalue weighted by atomic mass is 16.4. The molecule has 1 aromatic heterocycles. The van der Waals surface area contributed by atoms with Gasteiger partial charge in [0, 0.05) is 29.2 Å². The molecule has 0 bridgehead atoms. The first-order valence-electron chi connectivity index (χ1n) is 6.89. The lowest BCUT2D eigenvalue weighted by Gasteiger charge is -2.19. The molecule has 1 aliphatic heterocycles. The summed E-state index contributed by atoms with van der Waals surface area (Å²) in [6, 6.07) is 8.57. The number of anilines is 1. The molecule has 1 unspecified atom stereocenters. The van der Waals surface area contributed by atoms with Crippen LogP contribution in [0.4, 0.5) is 5.69 Å². The van der Waals surface area contributed by atoms with E-state index in [1.165, 1.54) is 6.07 Å². The highest BCUT2D eigenvalue weighted by molar-refractivity contribution is 6.14. The standard InChI is InChI=1S/C16H14N2O3/c1-3-16(9-17)14-10-5-8-13(19)21-12(10)7-6-11(14)18(4-2)15(16)20/h5-8H,3-4H2,1-2H3. The molecule has 1 aromatic carbocycles. The van der Waals surface area contributed by atoms with Gasteiger partial charge in [-0.1, -0.05) is 6.92 Å². The van der Waals surface area contributed by atoms with Gasteiger partial charge in [-0.05, 0) is 31.5 Å². The number of carbonyl (C=O) groups excluding carboxylic acids is 1. The van der Waals surface area contributed by atoms with Gasteiger partial charge >= 0.3 is 5.63 Å². The molecule has 3 rings (SSSR count). The lowest BCUT2D eigenvalue weighted by molar-refractivity contribution is -0.121. The maximum atomic E-state index is 12.7. The minimum atomic E-state index is -1.20. The molecule has 106 valence electrons. The van der Waals surface area contributed by atoms with Crippen LogP contribution in [0.3, 0.4) is 0 Å². The van der Waals surface area contributed by atoms with Crippen LogP contribution in [-0.2, 0) is 10.2 Å². The van der Waals surface area contributed by atoms with Crippen molar-refractivity contribution < 1.29 is 9.21 Å². The molecule has 0 radical (unpaired) electrons. The van der Waals surface area contributed by atoms with Gasteiger partial charge in [0.1, 0.15) is 5.58 Å². The van der Waals surface area contributed by atoms with Crippen LogP contribution in [0.15, 0.2) is 33.5 Å². The van der Waals surface area contributed by atoms with Gasteiger partial charge in [-0.2, -0.15) is 5.26 Å². The quantitative estimate of drug-likeness (QED) is 0.792. The summed E-state index contributed by atoms with van der Waals surface area (Å²) < 4.78 is 5.18. The summed E-state index contributed by atoms with van der Waals surface area (Å²) in [4.78, 5) is 25.7. The molecule has 0 aliphatic carbocycles. The second-order valence-corrected chi connectivity index (χ2v) is 5.05. The van der Waals surface area contributed by atoms with Crippen LogP contribution in [0.2, 0.25) is 0 Å². The maximum Gasteiger partial charge on any atom is 0.336 e. The van der Waals surface area contributed by atoms with Gasteiger partial charge in [0.05, 0.1) is 6.07 Å². The summed E-state index contributed by atoms with van der Waals surface area (Å²) in [6.07, 6.45) is 0.379. The molecular weight excluding hydrogens is 268 g/mol. The Kier molecular flexibility index (Phi) is 2.84. The van der Waals surface area contributed by atoms with Crippen LogP contribution in [0, 0.1) is 11.3 Å². The van der Waals surface area contributed by atoms with Crippen molar-refractivity contribution in [3.05, 3.63) is 40.2 Å². The highest BCUT2D eigenvalue weighted by Gasteiger charge is 2.51. The Bertz CT molecular complexity index is 847.